The van der Waals surface area contributed by atoms with E-state index in [1.54, 1.807) is 12.3 Å². The molecule has 0 spiro atoms. The first-order valence-corrected chi connectivity index (χ1v) is 6.12. The Morgan fingerprint density at radius 3 is 2.65 bits per heavy atom. The summed E-state index contributed by atoms with van der Waals surface area (Å²) in [5.41, 5.74) is 6.57. The topological polar surface area (TPSA) is 38.9 Å². The number of benzene rings is 1. The Morgan fingerprint density at radius 2 is 2.06 bits per heavy atom. The van der Waals surface area contributed by atoms with Gasteiger partial charge in [-0.2, -0.15) is 0 Å². The first-order chi connectivity index (χ1) is 8.15. The Balaban J connectivity index is 2.14. The summed E-state index contributed by atoms with van der Waals surface area (Å²) in [6.07, 6.45) is 1.76. The highest BCUT2D eigenvalue weighted by Gasteiger charge is 2.02. The van der Waals surface area contributed by atoms with E-state index in [2.05, 4.69) is 4.98 Å². The number of halogens is 1. The molecular formula is C13H13FN2S. The summed E-state index contributed by atoms with van der Waals surface area (Å²) < 4.78 is 13.0. The molecule has 2 rings (SSSR count). The van der Waals surface area contributed by atoms with E-state index in [0.29, 0.717) is 0 Å². The van der Waals surface area contributed by atoms with Crippen LogP contribution in [-0.2, 0) is 0 Å². The van der Waals surface area contributed by atoms with Crippen LogP contribution < -0.4 is 5.73 Å². The largest absolute Gasteiger partial charge is 0.323 e. The predicted molar refractivity (Wildman–Crippen MR) is 67.4 cm³/mol. The van der Waals surface area contributed by atoms with Gasteiger partial charge in [0.05, 0.1) is 5.69 Å². The maximum Gasteiger partial charge on any atom is 0.124 e. The Bertz CT molecular complexity index is 497. The molecule has 0 radical (unpaired) electrons. The second-order valence-electron chi connectivity index (χ2n) is 3.77. The van der Waals surface area contributed by atoms with Crippen LogP contribution in [0.15, 0.2) is 52.4 Å². The Labute approximate surface area is 104 Å². The van der Waals surface area contributed by atoms with E-state index in [9.17, 15) is 4.39 Å². The minimum absolute atomic E-state index is 0.0665. The highest BCUT2D eigenvalue weighted by Crippen LogP contribution is 2.27. The summed E-state index contributed by atoms with van der Waals surface area (Å²) in [4.78, 5) is 6.09. The van der Waals surface area contributed by atoms with Gasteiger partial charge in [-0.25, -0.2) is 4.39 Å². The zero-order valence-electron chi connectivity index (χ0n) is 9.43. The maximum absolute atomic E-state index is 13.0. The number of rotatable bonds is 3. The van der Waals surface area contributed by atoms with Gasteiger partial charge in [0.1, 0.15) is 5.82 Å². The molecule has 0 saturated heterocycles. The second-order valence-corrected chi connectivity index (χ2v) is 4.91. The molecule has 2 N–H and O–H groups in total. The van der Waals surface area contributed by atoms with Crippen molar-refractivity contribution in [2.45, 2.75) is 22.8 Å². The average molecular weight is 248 g/mol. The van der Waals surface area contributed by atoms with Gasteiger partial charge < -0.3 is 5.73 Å². The average Bonchev–Trinajstić information content (AvgIpc) is 2.29. The SMILES string of the molecule is CC(N)c1ccc(Sc2cccc(F)c2)cn1. The third-order valence-electron chi connectivity index (χ3n) is 2.26. The van der Waals surface area contributed by atoms with Crippen LogP contribution >= 0.6 is 11.8 Å². The number of aromatic nitrogens is 1. The maximum atomic E-state index is 13.0. The van der Waals surface area contributed by atoms with Crippen LogP contribution in [0.1, 0.15) is 18.7 Å². The highest BCUT2D eigenvalue weighted by molar-refractivity contribution is 7.99. The van der Waals surface area contributed by atoms with Gasteiger partial charge in [-0.15, -0.1) is 0 Å². The molecule has 0 saturated carbocycles. The minimum atomic E-state index is -0.227. The lowest BCUT2D eigenvalue weighted by molar-refractivity contribution is 0.624. The van der Waals surface area contributed by atoms with Crippen LogP contribution in [0.2, 0.25) is 0 Å². The van der Waals surface area contributed by atoms with Crippen molar-refractivity contribution in [3.63, 3.8) is 0 Å². The number of hydrogen-bond donors (Lipinski definition) is 1. The fourth-order valence-electron chi connectivity index (χ4n) is 1.39. The third kappa shape index (κ3) is 3.28. The molecule has 0 aliphatic rings. The molecule has 0 aliphatic carbocycles. The van der Waals surface area contributed by atoms with Gasteiger partial charge in [0.2, 0.25) is 0 Å². The molecule has 0 aliphatic heterocycles. The van der Waals surface area contributed by atoms with E-state index in [4.69, 9.17) is 5.73 Å². The molecule has 1 atom stereocenters. The van der Waals surface area contributed by atoms with Crippen molar-refractivity contribution < 1.29 is 4.39 Å². The summed E-state index contributed by atoms with van der Waals surface area (Å²) >= 11 is 1.48. The molecule has 1 heterocycles. The molecule has 2 aromatic rings. The van der Waals surface area contributed by atoms with E-state index < -0.39 is 0 Å². The van der Waals surface area contributed by atoms with Crippen LogP contribution in [0.4, 0.5) is 4.39 Å². The lowest BCUT2D eigenvalue weighted by atomic mass is 10.2. The van der Waals surface area contributed by atoms with E-state index >= 15 is 0 Å². The molecule has 0 amide bonds. The van der Waals surface area contributed by atoms with Gasteiger partial charge >= 0.3 is 0 Å². The molecule has 1 aromatic carbocycles. The lowest BCUT2D eigenvalue weighted by Crippen LogP contribution is -2.06. The Hall–Kier alpha value is -1.39. The zero-order chi connectivity index (χ0) is 12.3. The Kier molecular flexibility index (Phi) is 3.76. The van der Waals surface area contributed by atoms with E-state index in [-0.39, 0.29) is 11.9 Å². The van der Waals surface area contributed by atoms with Crippen molar-refractivity contribution in [1.82, 2.24) is 4.98 Å². The van der Waals surface area contributed by atoms with Crippen molar-refractivity contribution in [2.24, 2.45) is 5.73 Å². The van der Waals surface area contributed by atoms with E-state index in [1.165, 1.54) is 23.9 Å². The summed E-state index contributed by atoms with van der Waals surface area (Å²) in [5.74, 6) is -0.227. The zero-order valence-corrected chi connectivity index (χ0v) is 10.2. The lowest BCUT2D eigenvalue weighted by Gasteiger charge is -2.05. The molecule has 1 unspecified atom stereocenters. The molecule has 0 bridgehead atoms. The van der Waals surface area contributed by atoms with Gasteiger partial charge in [0.15, 0.2) is 0 Å². The van der Waals surface area contributed by atoms with Crippen LogP contribution in [0.25, 0.3) is 0 Å². The number of nitrogens with two attached hydrogens (primary N) is 1. The standard InChI is InChI=1S/C13H13FN2S/c1-9(15)13-6-5-12(8-16-13)17-11-4-2-3-10(14)7-11/h2-9H,15H2,1H3. The predicted octanol–water partition coefficient (Wildman–Crippen LogP) is 3.39. The highest BCUT2D eigenvalue weighted by atomic mass is 32.2. The van der Waals surface area contributed by atoms with Crippen LogP contribution in [0.3, 0.4) is 0 Å². The number of hydrogen-bond acceptors (Lipinski definition) is 3. The van der Waals surface area contributed by atoms with Gasteiger partial charge in [0, 0.05) is 22.0 Å². The minimum Gasteiger partial charge on any atom is -0.323 e. The summed E-state index contributed by atoms with van der Waals surface area (Å²) in [5, 5.41) is 0. The number of pyridine rings is 1. The van der Waals surface area contributed by atoms with Crippen molar-refractivity contribution >= 4 is 11.8 Å². The smallest absolute Gasteiger partial charge is 0.124 e. The molecule has 17 heavy (non-hydrogen) atoms. The van der Waals surface area contributed by atoms with Crippen LogP contribution in [0, 0.1) is 5.82 Å². The van der Waals surface area contributed by atoms with E-state index in [1.807, 2.05) is 25.1 Å². The number of nitrogens with zero attached hydrogens (tertiary/aromatic N) is 1. The van der Waals surface area contributed by atoms with Gasteiger partial charge in [-0.1, -0.05) is 17.8 Å². The van der Waals surface area contributed by atoms with Crippen molar-refractivity contribution in [2.75, 3.05) is 0 Å². The third-order valence-corrected chi connectivity index (χ3v) is 3.22. The monoisotopic (exact) mass is 248 g/mol. The van der Waals surface area contributed by atoms with Gasteiger partial charge in [0.25, 0.3) is 0 Å². The first kappa shape index (κ1) is 12.1. The second kappa shape index (κ2) is 5.29. The molecule has 1 aromatic heterocycles. The van der Waals surface area contributed by atoms with Crippen molar-refractivity contribution in [3.8, 4) is 0 Å². The van der Waals surface area contributed by atoms with Gasteiger partial charge in [-0.05, 0) is 37.3 Å². The molecule has 4 heteroatoms. The quantitative estimate of drug-likeness (QED) is 0.905. The summed E-state index contributed by atoms with van der Waals surface area (Å²) in [6, 6.07) is 10.3. The van der Waals surface area contributed by atoms with Crippen LogP contribution in [-0.4, -0.2) is 4.98 Å². The van der Waals surface area contributed by atoms with E-state index in [0.717, 1.165) is 15.5 Å². The summed E-state index contributed by atoms with van der Waals surface area (Å²) in [7, 11) is 0. The molecule has 0 fully saturated rings. The van der Waals surface area contributed by atoms with Gasteiger partial charge in [-0.3, -0.25) is 4.98 Å². The Morgan fingerprint density at radius 1 is 1.24 bits per heavy atom. The van der Waals surface area contributed by atoms with Crippen LogP contribution in [0.5, 0.6) is 0 Å². The molecule has 2 nitrogen and oxygen atoms in total. The molecule has 88 valence electrons. The first-order valence-electron chi connectivity index (χ1n) is 5.30. The molecular weight excluding hydrogens is 235 g/mol. The fraction of sp³-hybridized carbons (Fsp3) is 0.154. The van der Waals surface area contributed by atoms with Crippen molar-refractivity contribution in [3.05, 3.63) is 54.1 Å². The fourth-order valence-corrected chi connectivity index (χ4v) is 2.22. The normalized spacial score (nSPS) is 12.4. The van der Waals surface area contributed by atoms with Crippen molar-refractivity contribution in [1.29, 1.82) is 0 Å². The summed E-state index contributed by atoms with van der Waals surface area (Å²) in [6.45, 7) is 1.89.